The minimum atomic E-state index is -4.47. The zero-order valence-corrected chi connectivity index (χ0v) is 9.80. The van der Waals surface area contributed by atoms with Gasteiger partial charge in [0.1, 0.15) is 0 Å². The van der Waals surface area contributed by atoms with Crippen molar-refractivity contribution >= 4 is 5.69 Å². The Morgan fingerprint density at radius 2 is 1.78 bits per heavy atom. The average molecular weight is 254 g/mol. The van der Waals surface area contributed by atoms with Gasteiger partial charge in [0.05, 0.1) is 17.2 Å². The molecule has 1 aromatic carbocycles. The molecule has 96 valence electrons. The van der Waals surface area contributed by atoms with Gasteiger partial charge in [0.2, 0.25) is 0 Å². The standard InChI is InChI=1S/C13H13F3N2/c14-13(15,16)12-5-4-11(8-10(12)9-17)18-6-2-1-3-7-18/h4-5,8H,1-3,6-7H2. The van der Waals surface area contributed by atoms with E-state index >= 15 is 0 Å². The van der Waals surface area contributed by atoms with Crippen molar-refractivity contribution < 1.29 is 13.2 Å². The fraction of sp³-hybridized carbons (Fsp3) is 0.462. The van der Waals surface area contributed by atoms with Crippen LogP contribution in [0.4, 0.5) is 18.9 Å². The molecule has 1 saturated heterocycles. The number of piperidine rings is 1. The predicted molar refractivity (Wildman–Crippen MR) is 62.2 cm³/mol. The Labute approximate surface area is 104 Å². The van der Waals surface area contributed by atoms with Gasteiger partial charge in [0, 0.05) is 18.8 Å². The van der Waals surface area contributed by atoms with Crippen LogP contribution in [0, 0.1) is 11.3 Å². The van der Waals surface area contributed by atoms with E-state index in [2.05, 4.69) is 0 Å². The molecule has 1 aliphatic rings. The maximum Gasteiger partial charge on any atom is 0.417 e. The molecule has 0 aromatic heterocycles. The summed E-state index contributed by atoms with van der Waals surface area (Å²) in [5.74, 6) is 0. The highest BCUT2D eigenvalue weighted by Crippen LogP contribution is 2.34. The van der Waals surface area contributed by atoms with Crippen LogP contribution in [0.25, 0.3) is 0 Å². The first-order valence-corrected chi connectivity index (χ1v) is 5.88. The van der Waals surface area contributed by atoms with Crippen molar-refractivity contribution in [3.63, 3.8) is 0 Å². The number of anilines is 1. The summed E-state index contributed by atoms with van der Waals surface area (Å²) in [5, 5.41) is 8.84. The first-order valence-electron chi connectivity index (χ1n) is 5.88. The number of benzene rings is 1. The monoisotopic (exact) mass is 254 g/mol. The van der Waals surface area contributed by atoms with Crippen LogP contribution in [0.15, 0.2) is 18.2 Å². The molecule has 1 aliphatic heterocycles. The molecule has 1 fully saturated rings. The van der Waals surface area contributed by atoms with E-state index in [1.807, 2.05) is 4.90 Å². The lowest BCUT2D eigenvalue weighted by atomic mass is 10.0. The van der Waals surface area contributed by atoms with Gasteiger partial charge in [-0.15, -0.1) is 0 Å². The molecule has 1 aromatic rings. The second kappa shape index (κ2) is 4.89. The number of hydrogen-bond acceptors (Lipinski definition) is 2. The molecule has 0 N–H and O–H groups in total. The van der Waals surface area contributed by atoms with Crippen molar-refractivity contribution in [3.05, 3.63) is 29.3 Å². The van der Waals surface area contributed by atoms with Gasteiger partial charge in [-0.3, -0.25) is 0 Å². The Bertz CT molecular complexity index is 468. The van der Waals surface area contributed by atoms with Crippen LogP contribution in [0.3, 0.4) is 0 Å². The summed E-state index contributed by atoms with van der Waals surface area (Å²) in [6.07, 6.45) is -1.22. The molecule has 0 unspecified atom stereocenters. The number of alkyl halides is 3. The van der Waals surface area contributed by atoms with Crippen molar-refractivity contribution in [2.75, 3.05) is 18.0 Å². The van der Waals surface area contributed by atoms with Crippen LogP contribution in [-0.4, -0.2) is 13.1 Å². The van der Waals surface area contributed by atoms with Gasteiger partial charge in [-0.25, -0.2) is 0 Å². The van der Waals surface area contributed by atoms with E-state index in [1.54, 1.807) is 6.07 Å². The molecular formula is C13H13F3N2. The zero-order valence-electron chi connectivity index (χ0n) is 9.80. The van der Waals surface area contributed by atoms with Gasteiger partial charge in [0.25, 0.3) is 0 Å². The average Bonchev–Trinajstić information content (AvgIpc) is 2.38. The number of hydrogen-bond donors (Lipinski definition) is 0. The minimum Gasteiger partial charge on any atom is -0.372 e. The topological polar surface area (TPSA) is 27.0 Å². The smallest absolute Gasteiger partial charge is 0.372 e. The lowest BCUT2D eigenvalue weighted by Crippen LogP contribution is -2.29. The number of nitriles is 1. The fourth-order valence-electron chi connectivity index (χ4n) is 2.22. The van der Waals surface area contributed by atoms with Crippen LogP contribution < -0.4 is 4.90 Å². The number of nitrogens with zero attached hydrogens (tertiary/aromatic N) is 2. The largest absolute Gasteiger partial charge is 0.417 e. The number of rotatable bonds is 1. The van der Waals surface area contributed by atoms with Crippen molar-refractivity contribution in [3.8, 4) is 6.07 Å². The Balaban J connectivity index is 2.33. The van der Waals surface area contributed by atoms with Crippen molar-refractivity contribution in [2.24, 2.45) is 0 Å². The first-order chi connectivity index (χ1) is 8.52. The van der Waals surface area contributed by atoms with Crippen molar-refractivity contribution in [2.45, 2.75) is 25.4 Å². The lowest BCUT2D eigenvalue weighted by Gasteiger charge is -2.29. The highest BCUT2D eigenvalue weighted by Gasteiger charge is 2.33. The minimum absolute atomic E-state index is 0.300. The molecule has 18 heavy (non-hydrogen) atoms. The van der Waals surface area contributed by atoms with E-state index in [4.69, 9.17) is 5.26 Å². The maximum atomic E-state index is 12.6. The van der Waals surface area contributed by atoms with E-state index in [0.29, 0.717) is 5.69 Å². The third-order valence-electron chi connectivity index (χ3n) is 3.15. The van der Waals surface area contributed by atoms with Crippen LogP contribution in [-0.2, 0) is 6.18 Å². The summed E-state index contributed by atoms with van der Waals surface area (Å²) < 4.78 is 37.9. The molecule has 0 radical (unpaired) electrons. The van der Waals surface area contributed by atoms with E-state index in [-0.39, 0.29) is 5.56 Å². The summed E-state index contributed by atoms with van der Waals surface area (Å²) in [4.78, 5) is 2.03. The first kappa shape index (κ1) is 12.7. The number of halogens is 3. The van der Waals surface area contributed by atoms with Gasteiger partial charge < -0.3 is 4.90 Å². The van der Waals surface area contributed by atoms with Crippen LogP contribution in [0.1, 0.15) is 30.4 Å². The molecule has 2 nitrogen and oxygen atoms in total. The molecule has 0 aliphatic carbocycles. The third-order valence-corrected chi connectivity index (χ3v) is 3.15. The van der Waals surface area contributed by atoms with Gasteiger partial charge in [-0.1, -0.05) is 0 Å². The second-order valence-corrected chi connectivity index (χ2v) is 4.39. The van der Waals surface area contributed by atoms with Gasteiger partial charge in [-0.2, -0.15) is 18.4 Å². The van der Waals surface area contributed by atoms with Crippen LogP contribution in [0.2, 0.25) is 0 Å². The van der Waals surface area contributed by atoms with E-state index in [9.17, 15) is 13.2 Å². The van der Waals surface area contributed by atoms with E-state index in [0.717, 1.165) is 38.4 Å². The zero-order chi connectivity index (χ0) is 13.2. The summed E-state index contributed by atoms with van der Waals surface area (Å²) in [7, 11) is 0. The second-order valence-electron chi connectivity index (χ2n) is 4.39. The molecule has 1 heterocycles. The molecule has 0 spiro atoms. The molecule has 0 bridgehead atoms. The SMILES string of the molecule is N#Cc1cc(N2CCCCC2)ccc1C(F)(F)F. The Morgan fingerprint density at radius 1 is 1.11 bits per heavy atom. The summed E-state index contributed by atoms with van der Waals surface area (Å²) >= 11 is 0. The third kappa shape index (κ3) is 2.58. The van der Waals surface area contributed by atoms with E-state index < -0.39 is 11.7 Å². The quantitative estimate of drug-likeness (QED) is 0.766. The summed E-state index contributed by atoms with van der Waals surface area (Å²) in [5.41, 5.74) is -0.449. The fourth-order valence-corrected chi connectivity index (χ4v) is 2.22. The highest BCUT2D eigenvalue weighted by atomic mass is 19.4. The van der Waals surface area contributed by atoms with Crippen molar-refractivity contribution in [1.29, 1.82) is 5.26 Å². The maximum absolute atomic E-state index is 12.6. The Hall–Kier alpha value is -1.70. The molecule has 0 amide bonds. The Morgan fingerprint density at radius 3 is 2.33 bits per heavy atom. The summed E-state index contributed by atoms with van der Waals surface area (Å²) in [6.45, 7) is 1.69. The van der Waals surface area contributed by atoms with Gasteiger partial charge in [-0.05, 0) is 37.5 Å². The predicted octanol–water partition coefficient (Wildman–Crippen LogP) is 3.57. The highest BCUT2D eigenvalue weighted by molar-refractivity contribution is 5.55. The van der Waals surface area contributed by atoms with Gasteiger partial charge >= 0.3 is 6.18 Å². The summed E-state index contributed by atoms with van der Waals surface area (Å²) in [6, 6.07) is 5.43. The molecule has 0 atom stereocenters. The lowest BCUT2D eigenvalue weighted by molar-refractivity contribution is -0.137. The molecular weight excluding hydrogens is 241 g/mol. The molecule has 0 saturated carbocycles. The molecule has 5 heteroatoms. The van der Waals surface area contributed by atoms with Crippen LogP contribution >= 0.6 is 0 Å². The van der Waals surface area contributed by atoms with Crippen molar-refractivity contribution in [1.82, 2.24) is 0 Å². The molecule has 2 rings (SSSR count). The van der Waals surface area contributed by atoms with E-state index in [1.165, 1.54) is 12.1 Å². The van der Waals surface area contributed by atoms with Crippen LogP contribution in [0.5, 0.6) is 0 Å². The normalized spacial score (nSPS) is 16.4. The Kier molecular flexibility index (Phi) is 3.46. The van der Waals surface area contributed by atoms with Gasteiger partial charge in [0.15, 0.2) is 0 Å².